The van der Waals surface area contributed by atoms with E-state index in [-0.39, 0.29) is 6.61 Å². The van der Waals surface area contributed by atoms with Crippen LogP contribution in [0.4, 0.5) is 0 Å². The Morgan fingerprint density at radius 3 is 3.00 bits per heavy atom. The highest BCUT2D eigenvalue weighted by molar-refractivity contribution is 4.82. The molecule has 1 N–H and O–H groups in total. The third kappa shape index (κ3) is 1.34. The molecule has 1 aliphatic rings. The lowest BCUT2D eigenvalue weighted by Crippen LogP contribution is -2.20. The molecule has 4 heteroatoms. The third-order valence-corrected chi connectivity index (χ3v) is 2.49. The number of hydrogen-bond donors (Lipinski definition) is 1. The van der Waals surface area contributed by atoms with Crippen molar-refractivity contribution < 1.29 is 5.11 Å². The Kier molecular flexibility index (Phi) is 2.08. The highest BCUT2D eigenvalue weighted by Crippen LogP contribution is 2.27. The lowest BCUT2D eigenvalue weighted by atomic mass is 9.85. The van der Waals surface area contributed by atoms with Crippen LogP contribution in [0.5, 0.6) is 0 Å². The highest BCUT2D eigenvalue weighted by atomic mass is 16.3. The molecule has 66 valence electrons. The maximum Gasteiger partial charge on any atom is 0.152 e. The summed E-state index contributed by atoms with van der Waals surface area (Å²) < 4.78 is 1.81. The Bertz CT molecular complexity index is 255. The van der Waals surface area contributed by atoms with E-state index in [1.54, 1.807) is 0 Å². The van der Waals surface area contributed by atoms with E-state index in [0.717, 1.165) is 12.5 Å². The number of hydrogen-bond acceptors (Lipinski definition) is 3. The molecule has 2 rings (SSSR count). The molecule has 1 aliphatic carbocycles. The van der Waals surface area contributed by atoms with E-state index in [4.69, 9.17) is 5.11 Å². The van der Waals surface area contributed by atoms with E-state index < -0.39 is 0 Å². The first-order valence-electron chi connectivity index (χ1n) is 4.37. The van der Waals surface area contributed by atoms with Gasteiger partial charge < -0.3 is 5.11 Å². The Morgan fingerprint density at radius 1 is 1.58 bits per heavy atom. The SMILES string of the molecule is OCc1ncnn1CC1CCC1. The van der Waals surface area contributed by atoms with Gasteiger partial charge in [0, 0.05) is 6.54 Å². The van der Waals surface area contributed by atoms with Gasteiger partial charge in [-0.25, -0.2) is 9.67 Å². The summed E-state index contributed by atoms with van der Waals surface area (Å²) in [6.07, 6.45) is 5.44. The summed E-state index contributed by atoms with van der Waals surface area (Å²) in [6, 6.07) is 0. The van der Waals surface area contributed by atoms with Crippen molar-refractivity contribution in [3.05, 3.63) is 12.2 Å². The molecule has 0 aliphatic heterocycles. The molecule has 0 radical (unpaired) electrons. The van der Waals surface area contributed by atoms with E-state index in [0.29, 0.717) is 5.82 Å². The van der Waals surface area contributed by atoms with Gasteiger partial charge in [0.1, 0.15) is 12.9 Å². The maximum absolute atomic E-state index is 8.89. The summed E-state index contributed by atoms with van der Waals surface area (Å²) in [6.45, 7) is 0.919. The number of nitrogens with zero attached hydrogens (tertiary/aromatic N) is 3. The second kappa shape index (κ2) is 3.23. The summed E-state index contributed by atoms with van der Waals surface area (Å²) in [5.74, 6) is 1.44. The van der Waals surface area contributed by atoms with Gasteiger partial charge in [-0.05, 0) is 18.8 Å². The van der Waals surface area contributed by atoms with Crippen molar-refractivity contribution in [2.45, 2.75) is 32.4 Å². The third-order valence-electron chi connectivity index (χ3n) is 2.49. The van der Waals surface area contributed by atoms with Gasteiger partial charge in [-0.2, -0.15) is 5.10 Å². The second-order valence-corrected chi connectivity index (χ2v) is 3.31. The van der Waals surface area contributed by atoms with E-state index in [9.17, 15) is 0 Å². The van der Waals surface area contributed by atoms with Crippen LogP contribution in [0.3, 0.4) is 0 Å². The first kappa shape index (κ1) is 7.73. The van der Waals surface area contributed by atoms with Gasteiger partial charge in [-0.3, -0.25) is 0 Å². The van der Waals surface area contributed by atoms with Crippen LogP contribution < -0.4 is 0 Å². The van der Waals surface area contributed by atoms with Gasteiger partial charge in [0.25, 0.3) is 0 Å². The summed E-state index contributed by atoms with van der Waals surface area (Å²) >= 11 is 0. The zero-order valence-corrected chi connectivity index (χ0v) is 6.98. The fraction of sp³-hybridized carbons (Fsp3) is 0.750. The molecular weight excluding hydrogens is 154 g/mol. The van der Waals surface area contributed by atoms with Crippen molar-refractivity contribution in [2.24, 2.45) is 5.92 Å². The summed E-state index contributed by atoms with van der Waals surface area (Å²) in [4.78, 5) is 3.95. The highest BCUT2D eigenvalue weighted by Gasteiger charge is 2.19. The van der Waals surface area contributed by atoms with Gasteiger partial charge in [0.05, 0.1) is 0 Å². The topological polar surface area (TPSA) is 50.9 Å². The molecule has 0 saturated heterocycles. The molecule has 1 heterocycles. The van der Waals surface area contributed by atoms with Crippen LogP contribution in [0, 0.1) is 5.92 Å². The van der Waals surface area contributed by atoms with Crippen LogP contribution >= 0.6 is 0 Å². The molecule has 1 fully saturated rings. The van der Waals surface area contributed by atoms with Crippen LogP contribution in [0.25, 0.3) is 0 Å². The molecular formula is C8H13N3O. The van der Waals surface area contributed by atoms with Crippen molar-refractivity contribution in [2.75, 3.05) is 0 Å². The van der Waals surface area contributed by atoms with Crippen LogP contribution in [0.1, 0.15) is 25.1 Å². The standard InChI is InChI=1S/C8H13N3O/c12-5-8-9-6-10-11(8)4-7-2-1-3-7/h6-7,12H,1-5H2. The average Bonchev–Trinajstić information content (AvgIpc) is 2.43. The summed E-state index contributed by atoms with van der Waals surface area (Å²) in [5.41, 5.74) is 0. The minimum absolute atomic E-state index is 0.00722. The molecule has 0 atom stereocenters. The zero-order valence-electron chi connectivity index (χ0n) is 6.98. The minimum Gasteiger partial charge on any atom is -0.388 e. The van der Waals surface area contributed by atoms with Gasteiger partial charge in [0.2, 0.25) is 0 Å². The van der Waals surface area contributed by atoms with Crippen molar-refractivity contribution in [3.8, 4) is 0 Å². The summed E-state index contributed by atoms with van der Waals surface area (Å²) in [7, 11) is 0. The van der Waals surface area contributed by atoms with Crippen LogP contribution in [-0.2, 0) is 13.2 Å². The van der Waals surface area contributed by atoms with Gasteiger partial charge >= 0.3 is 0 Å². The average molecular weight is 167 g/mol. The number of aliphatic hydroxyl groups excluding tert-OH is 1. The fourth-order valence-corrected chi connectivity index (χ4v) is 1.48. The molecule has 1 saturated carbocycles. The molecule has 0 bridgehead atoms. The smallest absolute Gasteiger partial charge is 0.152 e. The first-order valence-corrected chi connectivity index (χ1v) is 4.37. The number of aliphatic hydroxyl groups is 1. The van der Waals surface area contributed by atoms with Crippen molar-refractivity contribution in [3.63, 3.8) is 0 Å². The Labute approximate surface area is 71.2 Å². The molecule has 1 aromatic heterocycles. The van der Waals surface area contributed by atoms with Crippen LogP contribution in [-0.4, -0.2) is 19.9 Å². The van der Waals surface area contributed by atoms with Crippen molar-refractivity contribution >= 4 is 0 Å². The Hall–Kier alpha value is -0.900. The van der Waals surface area contributed by atoms with Gasteiger partial charge in [0.15, 0.2) is 5.82 Å². The normalized spacial score (nSPS) is 17.8. The number of rotatable bonds is 3. The lowest BCUT2D eigenvalue weighted by molar-refractivity contribution is 0.233. The van der Waals surface area contributed by atoms with E-state index in [1.807, 2.05) is 4.68 Å². The largest absolute Gasteiger partial charge is 0.388 e. The van der Waals surface area contributed by atoms with Crippen LogP contribution in [0.2, 0.25) is 0 Å². The monoisotopic (exact) mass is 167 g/mol. The predicted molar refractivity (Wildman–Crippen MR) is 43.3 cm³/mol. The Balaban J connectivity index is 2.00. The predicted octanol–water partition coefficient (Wildman–Crippen LogP) is 0.571. The van der Waals surface area contributed by atoms with E-state index in [2.05, 4.69) is 10.1 Å². The van der Waals surface area contributed by atoms with E-state index >= 15 is 0 Å². The molecule has 0 aromatic carbocycles. The Morgan fingerprint density at radius 2 is 2.42 bits per heavy atom. The van der Waals surface area contributed by atoms with E-state index in [1.165, 1.54) is 25.6 Å². The molecule has 0 spiro atoms. The van der Waals surface area contributed by atoms with Gasteiger partial charge in [-0.1, -0.05) is 6.42 Å². The van der Waals surface area contributed by atoms with Crippen molar-refractivity contribution in [1.82, 2.24) is 14.8 Å². The maximum atomic E-state index is 8.89. The summed E-state index contributed by atoms with van der Waals surface area (Å²) in [5, 5.41) is 12.9. The lowest BCUT2D eigenvalue weighted by Gasteiger charge is -2.25. The molecule has 0 unspecified atom stereocenters. The first-order chi connectivity index (χ1) is 5.90. The molecule has 4 nitrogen and oxygen atoms in total. The zero-order chi connectivity index (χ0) is 8.39. The minimum atomic E-state index is -0.00722. The number of aromatic nitrogens is 3. The van der Waals surface area contributed by atoms with Crippen molar-refractivity contribution in [1.29, 1.82) is 0 Å². The quantitative estimate of drug-likeness (QED) is 0.716. The van der Waals surface area contributed by atoms with Crippen LogP contribution in [0.15, 0.2) is 6.33 Å². The van der Waals surface area contributed by atoms with Gasteiger partial charge in [-0.15, -0.1) is 0 Å². The molecule has 0 amide bonds. The molecule has 12 heavy (non-hydrogen) atoms. The second-order valence-electron chi connectivity index (χ2n) is 3.31. The fourth-order valence-electron chi connectivity index (χ4n) is 1.48. The molecule has 1 aromatic rings.